The lowest BCUT2D eigenvalue weighted by molar-refractivity contribution is -0.139. The van der Waals surface area contributed by atoms with Gasteiger partial charge in [-0.1, -0.05) is 13.0 Å². The fourth-order valence-electron chi connectivity index (χ4n) is 1.30. The van der Waals surface area contributed by atoms with E-state index < -0.39 is 12.6 Å². The van der Waals surface area contributed by atoms with Crippen LogP contribution in [0.3, 0.4) is 0 Å². The topological polar surface area (TPSA) is 102 Å². The third kappa shape index (κ3) is 4.97. The molecule has 6 heteroatoms. The molecule has 104 valence electrons. The summed E-state index contributed by atoms with van der Waals surface area (Å²) >= 11 is 0. The van der Waals surface area contributed by atoms with Gasteiger partial charge in [0.05, 0.1) is 5.92 Å². The Morgan fingerprint density at radius 2 is 2.11 bits per heavy atom. The van der Waals surface area contributed by atoms with Gasteiger partial charge in [0.25, 0.3) is 0 Å². The number of carboxylic acid groups (broad SMARTS) is 1. The molecule has 4 N–H and O–H groups in total. The van der Waals surface area contributed by atoms with E-state index in [4.69, 9.17) is 15.6 Å². The first-order chi connectivity index (χ1) is 8.90. The normalized spacial score (nSPS) is 13.4. The molecule has 0 radical (unpaired) electrons. The van der Waals surface area contributed by atoms with Gasteiger partial charge in [-0.2, -0.15) is 0 Å². The second-order valence-corrected chi connectivity index (χ2v) is 4.35. The monoisotopic (exact) mass is 266 g/mol. The highest BCUT2D eigenvalue weighted by atomic mass is 16.5. The van der Waals surface area contributed by atoms with Crippen LogP contribution in [-0.4, -0.2) is 29.6 Å². The summed E-state index contributed by atoms with van der Waals surface area (Å²) in [5.74, 6) is -1.18. The lowest BCUT2D eigenvalue weighted by atomic mass is 10.0. The van der Waals surface area contributed by atoms with E-state index in [0.717, 1.165) is 0 Å². The quantitative estimate of drug-likeness (QED) is 0.715. The first-order valence-electron chi connectivity index (χ1n) is 5.91. The lowest BCUT2D eigenvalue weighted by Gasteiger charge is -2.15. The minimum Gasteiger partial charge on any atom is -0.482 e. The molecule has 0 heterocycles. The van der Waals surface area contributed by atoms with Gasteiger partial charge in [-0.3, -0.25) is 4.79 Å². The Labute approximate surface area is 111 Å². The molecule has 0 aromatic heterocycles. The van der Waals surface area contributed by atoms with Crippen LogP contribution >= 0.6 is 0 Å². The van der Waals surface area contributed by atoms with Gasteiger partial charge in [0.15, 0.2) is 6.61 Å². The van der Waals surface area contributed by atoms with Crippen molar-refractivity contribution < 1.29 is 19.4 Å². The first kappa shape index (κ1) is 15.0. The van der Waals surface area contributed by atoms with E-state index in [2.05, 4.69) is 5.32 Å². The summed E-state index contributed by atoms with van der Waals surface area (Å²) in [5, 5.41) is 11.2. The van der Waals surface area contributed by atoms with Crippen LogP contribution in [0.15, 0.2) is 24.3 Å². The Kier molecular flexibility index (Phi) is 5.32. The second-order valence-electron chi connectivity index (χ2n) is 4.35. The van der Waals surface area contributed by atoms with Crippen LogP contribution in [0.4, 0.5) is 5.69 Å². The average molecular weight is 266 g/mol. The maximum absolute atomic E-state index is 11.8. The van der Waals surface area contributed by atoms with Gasteiger partial charge in [0.1, 0.15) is 5.75 Å². The third-order valence-electron chi connectivity index (χ3n) is 2.67. The summed E-state index contributed by atoms with van der Waals surface area (Å²) in [7, 11) is 0. The number of nitrogens with two attached hydrogens (primary N) is 1. The molecule has 0 fully saturated rings. The summed E-state index contributed by atoms with van der Waals surface area (Å²) in [5.41, 5.74) is 6.19. The highest BCUT2D eigenvalue weighted by molar-refractivity contribution is 5.92. The van der Waals surface area contributed by atoms with Crippen LogP contribution in [0.25, 0.3) is 0 Å². The molecule has 0 aliphatic carbocycles. The van der Waals surface area contributed by atoms with Crippen molar-refractivity contribution in [2.75, 3.05) is 11.9 Å². The highest BCUT2D eigenvalue weighted by Crippen LogP contribution is 2.18. The standard InChI is InChI=1S/C13H18N2O4/c1-8(9(2)14)13(18)15-10-4-3-5-11(6-10)19-7-12(16)17/h3-6,8-9H,7,14H2,1-2H3,(H,15,18)(H,16,17). The molecule has 1 amide bonds. The fourth-order valence-corrected chi connectivity index (χ4v) is 1.30. The molecule has 1 rings (SSSR count). The van der Waals surface area contributed by atoms with Crippen LogP contribution in [0, 0.1) is 5.92 Å². The Bertz CT molecular complexity index is 460. The molecule has 2 unspecified atom stereocenters. The van der Waals surface area contributed by atoms with Crippen molar-refractivity contribution in [3.63, 3.8) is 0 Å². The predicted molar refractivity (Wildman–Crippen MR) is 71.0 cm³/mol. The zero-order chi connectivity index (χ0) is 14.4. The number of amides is 1. The summed E-state index contributed by atoms with van der Waals surface area (Å²) in [4.78, 5) is 22.2. The Morgan fingerprint density at radius 1 is 1.42 bits per heavy atom. The SMILES string of the molecule is CC(N)C(C)C(=O)Nc1cccc(OCC(=O)O)c1. The fraction of sp³-hybridized carbons (Fsp3) is 0.385. The van der Waals surface area contributed by atoms with Crippen LogP contribution in [0.2, 0.25) is 0 Å². The average Bonchev–Trinajstić information content (AvgIpc) is 2.35. The summed E-state index contributed by atoms with van der Waals surface area (Å²) in [6.07, 6.45) is 0. The number of aliphatic carboxylic acids is 1. The largest absolute Gasteiger partial charge is 0.482 e. The number of ether oxygens (including phenoxy) is 1. The summed E-state index contributed by atoms with van der Waals surface area (Å²) in [6.45, 7) is 3.08. The molecule has 0 aliphatic rings. The van der Waals surface area contributed by atoms with Gasteiger partial charge in [-0.15, -0.1) is 0 Å². The van der Waals surface area contributed by atoms with Crippen LogP contribution in [0.5, 0.6) is 5.75 Å². The van der Waals surface area contributed by atoms with E-state index in [-0.39, 0.29) is 17.9 Å². The molecule has 0 spiro atoms. The van der Waals surface area contributed by atoms with Crippen molar-refractivity contribution in [1.82, 2.24) is 0 Å². The highest BCUT2D eigenvalue weighted by Gasteiger charge is 2.17. The van der Waals surface area contributed by atoms with Crippen molar-refractivity contribution in [2.24, 2.45) is 11.7 Å². The minimum atomic E-state index is -1.06. The summed E-state index contributed by atoms with van der Waals surface area (Å²) in [6, 6.07) is 6.30. The van der Waals surface area contributed by atoms with E-state index in [9.17, 15) is 9.59 Å². The van der Waals surface area contributed by atoms with Crippen molar-refractivity contribution in [3.8, 4) is 5.75 Å². The van der Waals surface area contributed by atoms with Gasteiger partial charge in [0, 0.05) is 17.8 Å². The number of anilines is 1. The number of rotatable bonds is 6. The molecular formula is C13H18N2O4. The number of hydrogen-bond donors (Lipinski definition) is 3. The van der Waals surface area contributed by atoms with Gasteiger partial charge in [-0.25, -0.2) is 4.79 Å². The van der Waals surface area contributed by atoms with E-state index in [1.54, 1.807) is 38.1 Å². The van der Waals surface area contributed by atoms with Crippen molar-refractivity contribution >= 4 is 17.6 Å². The zero-order valence-corrected chi connectivity index (χ0v) is 10.9. The maximum Gasteiger partial charge on any atom is 0.341 e. The molecule has 0 saturated heterocycles. The number of hydrogen-bond acceptors (Lipinski definition) is 4. The molecule has 19 heavy (non-hydrogen) atoms. The maximum atomic E-state index is 11.8. The molecule has 0 saturated carbocycles. The van der Waals surface area contributed by atoms with Crippen LogP contribution in [0.1, 0.15) is 13.8 Å². The van der Waals surface area contributed by atoms with Crippen molar-refractivity contribution in [3.05, 3.63) is 24.3 Å². The molecule has 2 atom stereocenters. The van der Waals surface area contributed by atoms with Crippen molar-refractivity contribution in [1.29, 1.82) is 0 Å². The van der Waals surface area contributed by atoms with Crippen LogP contribution < -0.4 is 15.8 Å². The first-order valence-corrected chi connectivity index (χ1v) is 5.91. The number of carboxylic acids is 1. The molecule has 1 aromatic carbocycles. The third-order valence-corrected chi connectivity index (χ3v) is 2.67. The molecule has 6 nitrogen and oxygen atoms in total. The molecule has 0 aliphatic heterocycles. The molecular weight excluding hydrogens is 248 g/mol. The minimum absolute atomic E-state index is 0.189. The smallest absolute Gasteiger partial charge is 0.341 e. The Balaban J connectivity index is 2.66. The van der Waals surface area contributed by atoms with Gasteiger partial charge in [-0.05, 0) is 19.1 Å². The number of benzene rings is 1. The van der Waals surface area contributed by atoms with Crippen LogP contribution in [-0.2, 0) is 9.59 Å². The lowest BCUT2D eigenvalue weighted by Crippen LogP contribution is -2.34. The van der Waals surface area contributed by atoms with E-state index in [1.165, 1.54) is 0 Å². The van der Waals surface area contributed by atoms with Gasteiger partial charge in [0.2, 0.25) is 5.91 Å². The van der Waals surface area contributed by atoms with E-state index in [0.29, 0.717) is 11.4 Å². The summed E-state index contributed by atoms with van der Waals surface area (Å²) < 4.78 is 5.02. The predicted octanol–water partition coefficient (Wildman–Crippen LogP) is 1.07. The second kappa shape index (κ2) is 6.75. The van der Waals surface area contributed by atoms with Gasteiger partial charge < -0.3 is 20.9 Å². The Morgan fingerprint density at radius 3 is 2.68 bits per heavy atom. The molecule has 0 bridgehead atoms. The van der Waals surface area contributed by atoms with Gasteiger partial charge >= 0.3 is 5.97 Å². The number of carbonyl (C=O) groups excluding carboxylic acids is 1. The van der Waals surface area contributed by atoms with Crippen molar-refractivity contribution in [2.45, 2.75) is 19.9 Å². The number of carbonyl (C=O) groups is 2. The number of nitrogens with one attached hydrogen (secondary N) is 1. The Hall–Kier alpha value is -2.08. The molecule has 1 aromatic rings. The van der Waals surface area contributed by atoms with E-state index >= 15 is 0 Å². The zero-order valence-electron chi connectivity index (χ0n) is 10.9. The van der Waals surface area contributed by atoms with E-state index in [1.807, 2.05) is 0 Å².